The molecule has 19 heavy (non-hydrogen) atoms. The van der Waals surface area contributed by atoms with Crippen LogP contribution in [-0.2, 0) is 9.59 Å². The summed E-state index contributed by atoms with van der Waals surface area (Å²) < 4.78 is 0. The van der Waals surface area contributed by atoms with Crippen molar-refractivity contribution < 1.29 is 14.7 Å². The lowest BCUT2D eigenvalue weighted by molar-refractivity contribution is -0.144. The van der Waals surface area contributed by atoms with E-state index in [0.717, 1.165) is 0 Å². The zero-order valence-electron chi connectivity index (χ0n) is 12.5. The number of carbonyl (C=O) groups excluding carboxylic acids is 2. The lowest BCUT2D eigenvalue weighted by Gasteiger charge is -2.38. The van der Waals surface area contributed by atoms with Crippen molar-refractivity contribution in [2.75, 3.05) is 0 Å². The summed E-state index contributed by atoms with van der Waals surface area (Å²) in [7, 11) is 0. The Morgan fingerprint density at radius 1 is 1.16 bits per heavy atom. The van der Waals surface area contributed by atoms with Gasteiger partial charge in [-0.05, 0) is 40.0 Å². The fourth-order valence-corrected chi connectivity index (χ4v) is 2.51. The van der Waals surface area contributed by atoms with Gasteiger partial charge in [0.2, 0.25) is 0 Å². The molecule has 0 heterocycles. The maximum atomic E-state index is 12.4. The first kappa shape index (κ1) is 15.6. The summed E-state index contributed by atoms with van der Waals surface area (Å²) in [6, 6.07) is 0. The largest absolute Gasteiger partial charge is 0.510 e. The van der Waals surface area contributed by atoms with Crippen LogP contribution in [0.3, 0.4) is 0 Å². The highest BCUT2D eigenvalue weighted by Crippen LogP contribution is 2.43. The number of hydrogen-bond donors (Lipinski definition) is 2. The molecule has 106 valence electrons. The van der Waals surface area contributed by atoms with Crippen LogP contribution in [0.2, 0.25) is 0 Å². The Balaban J connectivity index is 3.43. The van der Waals surface area contributed by atoms with Gasteiger partial charge in [-0.25, -0.2) is 0 Å². The molecule has 0 aliphatic heterocycles. The number of nitrogens with one attached hydrogen (secondary N) is 1. The monoisotopic (exact) mass is 265 g/mol. The molecule has 0 saturated heterocycles. The number of hydrogen-bond acceptors (Lipinski definition) is 4. The first-order valence-electron chi connectivity index (χ1n) is 6.55. The lowest BCUT2D eigenvalue weighted by Crippen LogP contribution is -2.50. The van der Waals surface area contributed by atoms with Gasteiger partial charge in [0.1, 0.15) is 5.76 Å². The van der Waals surface area contributed by atoms with Crippen LogP contribution < -0.4 is 0 Å². The Morgan fingerprint density at radius 2 is 1.63 bits per heavy atom. The van der Waals surface area contributed by atoms with Crippen LogP contribution in [0.4, 0.5) is 0 Å². The van der Waals surface area contributed by atoms with E-state index in [4.69, 9.17) is 5.41 Å². The summed E-state index contributed by atoms with van der Waals surface area (Å²) in [5.74, 6) is -0.791. The predicted octanol–water partition coefficient (Wildman–Crippen LogP) is 3.07. The standard InChI is InChI=1S/C15H23NO3/c1-8(2)7-9(16)10-11(17)14(3,4)13(19)15(5,6)12(10)18/h8,16-17H,7H2,1-6H3. The third-order valence-electron chi connectivity index (χ3n) is 3.67. The fraction of sp³-hybridized carbons (Fsp3) is 0.667. The van der Waals surface area contributed by atoms with Crippen molar-refractivity contribution in [2.45, 2.75) is 48.0 Å². The molecule has 4 nitrogen and oxygen atoms in total. The molecule has 0 amide bonds. The Kier molecular flexibility index (Phi) is 3.76. The van der Waals surface area contributed by atoms with Gasteiger partial charge in [-0.15, -0.1) is 0 Å². The maximum Gasteiger partial charge on any atom is 0.181 e. The molecule has 1 rings (SSSR count). The average Bonchev–Trinajstić information content (AvgIpc) is 2.25. The van der Waals surface area contributed by atoms with Crippen LogP contribution in [0, 0.1) is 22.2 Å². The number of Topliss-reactive ketones (excluding diaryl/α,β-unsaturated/α-hetero) is 2. The van der Waals surface area contributed by atoms with Crippen molar-refractivity contribution in [1.29, 1.82) is 5.41 Å². The van der Waals surface area contributed by atoms with Crippen molar-refractivity contribution in [3.05, 3.63) is 11.3 Å². The zero-order chi connectivity index (χ0) is 15.2. The van der Waals surface area contributed by atoms with Gasteiger partial charge in [-0.3, -0.25) is 9.59 Å². The SMILES string of the molecule is CC(C)CC(=N)C1=C(O)C(C)(C)C(=O)C(C)(C)C1=O. The molecule has 0 aromatic carbocycles. The van der Waals surface area contributed by atoms with E-state index in [1.165, 1.54) is 0 Å². The maximum absolute atomic E-state index is 12.4. The quantitative estimate of drug-likeness (QED) is 0.608. The fourth-order valence-electron chi connectivity index (χ4n) is 2.51. The molecule has 0 unspecified atom stereocenters. The highest BCUT2D eigenvalue weighted by molar-refractivity contribution is 6.31. The summed E-state index contributed by atoms with van der Waals surface area (Å²) in [6.45, 7) is 10.2. The molecule has 0 saturated carbocycles. The number of rotatable bonds is 3. The molecule has 1 aliphatic rings. The molecule has 0 atom stereocenters. The normalized spacial score (nSPS) is 22.1. The van der Waals surface area contributed by atoms with Gasteiger partial charge in [0, 0.05) is 5.71 Å². The number of aliphatic hydroxyl groups excluding tert-OH is 1. The summed E-state index contributed by atoms with van der Waals surface area (Å²) in [6.07, 6.45) is 0.408. The molecule has 0 bridgehead atoms. The van der Waals surface area contributed by atoms with Gasteiger partial charge >= 0.3 is 0 Å². The van der Waals surface area contributed by atoms with E-state index in [0.29, 0.717) is 6.42 Å². The van der Waals surface area contributed by atoms with Crippen LogP contribution in [-0.4, -0.2) is 22.4 Å². The first-order chi connectivity index (χ1) is 8.44. The van der Waals surface area contributed by atoms with E-state index in [1.54, 1.807) is 27.7 Å². The number of ketones is 2. The van der Waals surface area contributed by atoms with E-state index in [1.807, 2.05) is 13.8 Å². The van der Waals surface area contributed by atoms with Crippen molar-refractivity contribution in [1.82, 2.24) is 0 Å². The van der Waals surface area contributed by atoms with E-state index in [9.17, 15) is 14.7 Å². The van der Waals surface area contributed by atoms with Gasteiger partial charge in [0.15, 0.2) is 11.6 Å². The predicted molar refractivity (Wildman–Crippen MR) is 74.4 cm³/mol. The Bertz CT molecular complexity index is 482. The Morgan fingerprint density at radius 3 is 2.05 bits per heavy atom. The third-order valence-corrected chi connectivity index (χ3v) is 3.67. The topological polar surface area (TPSA) is 78.2 Å². The van der Waals surface area contributed by atoms with E-state index < -0.39 is 16.6 Å². The zero-order valence-corrected chi connectivity index (χ0v) is 12.5. The van der Waals surface area contributed by atoms with Crippen LogP contribution in [0.5, 0.6) is 0 Å². The number of aliphatic hydroxyl groups is 1. The van der Waals surface area contributed by atoms with E-state index in [-0.39, 0.29) is 28.7 Å². The van der Waals surface area contributed by atoms with Crippen molar-refractivity contribution >= 4 is 17.3 Å². The molecular formula is C15H23NO3. The minimum Gasteiger partial charge on any atom is -0.510 e. The molecule has 2 N–H and O–H groups in total. The molecular weight excluding hydrogens is 242 g/mol. The van der Waals surface area contributed by atoms with Gasteiger partial charge in [-0.2, -0.15) is 0 Å². The summed E-state index contributed by atoms with van der Waals surface area (Å²) in [5, 5.41) is 18.3. The van der Waals surface area contributed by atoms with E-state index >= 15 is 0 Å². The van der Waals surface area contributed by atoms with Gasteiger partial charge in [0.25, 0.3) is 0 Å². The summed E-state index contributed by atoms with van der Waals surface area (Å²) in [4.78, 5) is 24.7. The number of allylic oxidation sites excluding steroid dienone is 2. The van der Waals surface area contributed by atoms with E-state index in [2.05, 4.69) is 0 Å². The lowest BCUT2D eigenvalue weighted by atomic mass is 9.62. The summed E-state index contributed by atoms with van der Waals surface area (Å²) >= 11 is 0. The minimum absolute atomic E-state index is 0.0308. The molecule has 0 aromatic rings. The highest BCUT2D eigenvalue weighted by Gasteiger charge is 2.53. The smallest absolute Gasteiger partial charge is 0.181 e. The molecule has 0 spiro atoms. The Hall–Kier alpha value is -1.45. The van der Waals surface area contributed by atoms with Gasteiger partial charge in [-0.1, -0.05) is 13.8 Å². The summed E-state index contributed by atoms with van der Waals surface area (Å²) in [5.41, 5.74) is -2.15. The van der Waals surface area contributed by atoms with Crippen LogP contribution >= 0.6 is 0 Å². The van der Waals surface area contributed by atoms with Gasteiger partial charge < -0.3 is 10.5 Å². The number of carbonyl (C=O) groups is 2. The third kappa shape index (κ3) is 2.36. The first-order valence-corrected chi connectivity index (χ1v) is 6.55. The minimum atomic E-state index is -1.19. The molecule has 0 fully saturated rings. The second-order valence-corrected chi connectivity index (χ2v) is 6.71. The molecule has 1 aliphatic carbocycles. The van der Waals surface area contributed by atoms with Crippen molar-refractivity contribution in [3.63, 3.8) is 0 Å². The average molecular weight is 265 g/mol. The van der Waals surface area contributed by atoms with Crippen LogP contribution in [0.15, 0.2) is 11.3 Å². The Labute approximate surface area is 114 Å². The molecule has 0 radical (unpaired) electrons. The van der Waals surface area contributed by atoms with Crippen molar-refractivity contribution in [3.8, 4) is 0 Å². The second kappa shape index (κ2) is 4.58. The van der Waals surface area contributed by atoms with Crippen LogP contribution in [0.1, 0.15) is 48.0 Å². The van der Waals surface area contributed by atoms with Gasteiger partial charge in [0.05, 0.1) is 16.4 Å². The molecule has 0 aromatic heterocycles. The van der Waals surface area contributed by atoms with Crippen LogP contribution in [0.25, 0.3) is 0 Å². The highest BCUT2D eigenvalue weighted by atomic mass is 16.3. The molecule has 4 heteroatoms. The second-order valence-electron chi connectivity index (χ2n) is 6.71. The van der Waals surface area contributed by atoms with Crippen molar-refractivity contribution in [2.24, 2.45) is 16.7 Å².